The van der Waals surface area contributed by atoms with Gasteiger partial charge in [0, 0.05) is 38.6 Å². The number of amides is 1. The van der Waals surface area contributed by atoms with E-state index >= 15 is 0 Å². The fraction of sp³-hybridized carbons (Fsp3) is 0.917. The predicted molar refractivity (Wildman–Crippen MR) is 64.3 cm³/mol. The highest BCUT2D eigenvalue weighted by molar-refractivity contribution is 5.76. The van der Waals surface area contributed by atoms with Gasteiger partial charge in [0.1, 0.15) is 0 Å². The smallest absolute Gasteiger partial charge is 0.222 e. The number of nitrogens with zero attached hydrogens (tertiary/aromatic N) is 1. The Morgan fingerprint density at radius 3 is 2.69 bits per heavy atom. The fourth-order valence-electron chi connectivity index (χ4n) is 2.54. The van der Waals surface area contributed by atoms with E-state index in [9.17, 15) is 4.79 Å². The average Bonchev–Trinajstić information content (AvgIpc) is 2.38. The summed E-state index contributed by atoms with van der Waals surface area (Å²) in [6, 6.07) is 0.584. The molecule has 1 amide bonds. The zero-order chi connectivity index (χ0) is 11.2. The lowest BCUT2D eigenvalue weighted by Crippen LogP contribution is -2.46. The van der Waals surface area contributed by atoms with Crippen molar-refractivity contribution in [2.75, 3.05) is 32.7 Å². The first-order valence-electron chi connectivity index (χ1n) is 6.58. The van der Waals surface area contributed by atoms with Crippen molar-refractivity contribution >= 4 is 5.91 Å². The van der Waals surface area contributed by atoms with Crippen molar-refractivity contribution in [2.24, 2.45) is 0 Å². The zero-order valence-corrected chi connectivity index (χ0v) is 10.0. The lowest BCUT2D eigenvalue weighted by molar-refractivity contribution is -0.132. The summed E-state index contributed by atoms with van der Waals surface area (Å²) in [5.74, 6) is 0.342. The first kappa shape index (κ1) is 11.9. The average molecular weight is 225 g/mol. The molecule has 0 aliphatic carbocycles. The molecular weight excluding hydrogens is 202 g/mol. The molecule has 4 nitrogen and oxygen atoms in total. The van der Waals surface area contributed by atoms with Crippen molar-refractivity contribution in [1.82, 2.24) is 15.5 Å². The van der Waals surface area contributed by atoms with Gasteiger partial charge in [0.2, 0.25) is 5.91 Å². The summed E-state index contributed by atoms with van der Waals surface area (Å²) in [5, 5.41) is 6.76. The molecular formula is C12H23N3O. The third kappa shape index (κ3) is 3.46. The summed E-state index contributed by atoms with van der Waals surface area (Å²) in [6.45, 7) is 4.81. The van der Waals surface area contributed by atoms with Crippen molar-refractivity contribution in [2.45, 2.75) is 38.1 Å². The van der Waals surface area contributed by atoms with Gasteiger partial charge in [-0.15, -0.1) is 0 Å². The second-order valence-corrected chi connectivity index (χ2v) is 4.82. The van der Waals surface area contributed by atoms with E-state index in [1.54, 1.807) is 0 Å². The molecule has 0 aromatic heterocycles. The zero-order valence-electron chi connectivity index (χ0n) is 10.0. The van der Waals surface area contributed by atoms with Gasteiger partial charge in [0.15, 0.2) is 0 Å². The summed E-state index contributed by atoms with van der Waals surface area (Å²) in [6.07, 6.45) is 5.59. The fourth-order valence-corrected chi connectivity index (χ4v) is 2.54. The van der Waals surface area contributed by atoms with E-state index in [2.05, 4.69) is 10.6 Å². The second-order valence-electron chi connectivity index (χ2n) is 4.82. The number of carbonyl (C=O) groups excluding carboxylic acids is 1. The van der Waals surface area contributed by atoms with Crippen molar-refractivity contribution in [3.63, 3.8) is 0 Å². The van der Waals surface area contributed by atoms with Crippen molar-refractivity contribution in [3.05, 3.63) is 0 Å². The third-order valence-corrected chi connectivity index (χ3v) is 3.59. The minimum absolute atomic E-state index is 0.342. The van der Waals surface area contributed by atoms with Gasteiger partial charge in [-0.1, -0.05) is 6.42 Å². The first-order valence-corrected chi connectivity index (χ1v) is 6.58. The molecule has 2 saturated heterocycles. The van der Waals surface area contributed by atoms with Gasteiger partial charge in [-0.2, -0.15) is 0 Å². The number of rotatable bonds is 3. The van der Waals surface area contributed by atoms with Gasteiger partial charge >= 0.3 is 0 Å². The molecule has 2 aliphatic heterocycles. The molecule has 2 aliphatic rings. The Bertz CT molecular complexity index is 220. The van der Waals surface area contributed by atoms with Crippen LogP contribution in [0.25, 0.3) is 0 Å². The minimum Gasteiger partial charge on any atom is -0.340 e. The van der Waals surface area contributed by atoms with Crippen LogP contribution in [0.3, 0.4) is 0 Å². The van der Waals surface area contributed by atoms with Crippen LogP contribution >= 0.6 is 0 Å². The number of piperazine rings is 1. The number of hydrogen-bond acceptors (Lipinski definition) is 3. The predicted octanol–water partition coefficient (Wildman–Crippen LogP) is 0.341. The van der Waals surface area contributed by atoms with E-state index in [1.807, 2.05) is 4.90 Å². The largest absolute Gasteiger partial charge is 0.340 e. The van der Waals surface area contributed by atoms with E-state index in [1.165, 1.54) is 19.3 Å². The maximum Gasteiger partial charge on any atom is 0.222 e. The van der Waals surface area contributed by atoms with Gasteiger partial charge in [-0.05, 0) is 25.8 Å². The van der Waals surface area contributed by atoms with E-state index < -0.39 is 0 Å². The Balaban J connectivity index is 1.65. The van der Waals surface area contributed by atoms with Gasteiger partial charge in [-0.25, -0.2) is 0 Å². The van der Waals surface area contributed by atoms with Crippen LogP contribution in [0.1, 0.15) is 32.1 Å². The van der Waals surface area contributed by atoms with Crippen LogP contribution in [-0.4, -0.2) is 49.6 Å². The number of hydrogen-bond donors (Lipinski definition) is 2. The molecule has 0 saturated carbocycles. The number of carbonyl (C=O) groups is 1. The van der Waals surface area contributed by atoms with E-state index in [0.717, 1.165) is 45.6 Å². The summed E-state index contributed by atoms with van der Waals surface area (Å²) in [5.41, 5.74) is 0. The monoisotopic (exact) mass is 225 g/mol. The van der Waals surface area contributed by atoms with Gasteiger partial charge in [0.05, 0.1) is 0 Å². The number of nitrogens with one attached hydrogen (secondary N) is 2. The van der Waals surface area contributed by atoms with Crippen LogP contribution in [0, 0.1) is 0 Å². The quantitative estimate of drug-likeness (QED) is 0.728. The maximum atomic E-state index is 11.9. The topological polar surface area (TPSA) is 44.4 Å². The Kier molecular flexibility index (Phi) is 4.60. The van der Waals surface area contributed by atoms with Crippen LogP contribution in [0.4, 0.5) is 0 Å². The highest BCUT2D eigenvalue weighted by atomic mass is 16.2. The summed E-state index contributed by atoms with van der Waals surface area (Å²) in [4.78, 5) is 13.9. The molecule has 2 N–H and O–H groups in total. The Labute approximate surface area is 97.8 Å². The summed E-state index contributed by atoms with van der Waals surface area (Å²) >= 11 is 0. The van der Waals surface area contributed by atoms with E-state index in [-0.39, 0.29) is 0 Å². The summed E-state index contributed by atoms with van der Waals surface area (Å²) in [7, 11) is 0. The van der Waals surface area contributed by atoms with E-state index in [0.29, 0.717) is 11.9 Å². The third-order valence-electron chi connectivity index (χ3n) is 3.59. The van der Waals surface area contributed by atoms with Crippen molar-refractivity contribution in [1.29, 1.82) is 0 Å². The highest BCUT2D eigenvalue weighted by Crippen LogP contribution is 2.12. The van der Waals surface area contributed by atoms with Crippen LogP contribution in [0.15, 0.2) is 0 Å². The lowest BCUT2D eigenvalue weighted by atomic mass is 10.0. The van der Waals surface area contributed by atoms with E-state index in [4.69, 9.17) is 0 Å². The molecule has 2 fully saturated rings. The van der Waals surface area contributed by atoms with Crippen molar-refractivity contribution in [3.8, 4) is 0 Å². The molecule has 0 aromatic carbocycles. The molecule has 16 heavy (non-hydrogen) atoms. The molecule has 1 unspecified atom stereocenters. The number of piperidine rings is 1. The molecule has 1 atom stereocenters. The van der Waals surface area contributed by atoms with Gasteiger partial charge < -0.3 is 15.5 Å². The highest BCUT2D eigenvalue weighted by Gasteiger charge is 2.18. The van der Waals surface area contributed by atoms with Crippen LogP contribution in [0.2, 0.25) is 0 Å². The molecule has 2 rings (SSSR count). The molecule has 2 heterocycles. The van der Waals surface area contributed by atoms with Gasteiger partial charge in [0.25, 0.3) is 0 Å². The molecule has 4 heteroatoms. The maximum absolute atomic E-state index is 11.9. The Morgan fingerprint density at radius 1 is 1.19 bits per heavy atom. The van der Waals surface area contributed by atoms with Crippen LogP contribution in [0.5, 0.6) is 0 Å². The lowest BCUT2D eigenvalue weighted by Gasteiger charge is -2.29. The SMILES string of the molecule is O=C(CCC1CCCCN1)N1CCNCC1. The molecule has 92 valence electrons. The molecule has 0 bridgehead atoms. The summed E-state index contributed by atoms with van der Waals surface area (Å²) < 4.78 is 0. The van der Waals surface area contributed by atoms with Crippen LogP contribution in [-0.2, 0) is 4.79 Å². The Morgan fingerprint density at radius 2 is 2.00 bits per heavy atom. The molecule has 0 spiro atoms. The second kappa shape index (κ2) is 6.21. The Hall–Kier alpha value is -0.610. The van der Waals surface area contributed by atoms with Crippen molar-refractivity contribution < 1.29 is 4.79 Å². The van der Waals surface area contributed by atoms with Crippen LogP contribution < -0.4 is 10.6 Å². The minimum atomic E-state index is 0.342. The molecule has 0 radical (unpaired) electrons. The standard InChI is InChI=1S/C12H23N3O/c16-12(15-9-7-13-8-10-15)5-4-11-3-1-2-6-14-11/h11,13-14H,1-10H2. The first-order chi connectivity index (χ1) is 7.86. The van der Waals surface area contributed by atoms with Gasteiger partial charge in [-0.3, -0.25) is 4.79 Å². The molecule has 0 aromatic rings. The normalized spacial score (nSPS) is 26.8.